The number of hydrogen-bond acceptors (Lipinski definition) is 4. The van der Waals surface area contributed by atoms with Crippen LogP contribution < -0.4 is 5.32 Å². The molecule has 0 aliphatic heterocycles. The number of rotatable bonds is 4. The summed E-state index contributed by atoms with van der Waals surface area (Å²) >= 11 is 0. The van der Waals surface area contributed by atoms with Gasteiger partial charge in [0, 0.05) is 6.92 Å². The smallest absolute Gasteiger partial charge is 0.223 e. The van der Waals surface area contributed by atoms with Crippen molar-refractivity contribution in [3.63, 3.8) is 0 Å². The lowest BCUT2D eigenvalue weighted by molar-refractivity contribution is 0.299. The van der Waals surface area contributed by atoms with Crippen LogP contribution in [-0.4, -0.2) is 16.7 Å². The van der Waals surface area contributed by atoms with Crippen LogP contribution in [0.3, 0.4) is 0 Å². The topological polar surface area (TPSA) is 51.0 Å². The number of nitrogens with zero attached hydrogens (tertiary/aromatic N) is 2. The molecule has 2 rings (SSSR count). The minimum atomic E-state index is 0.639. The van der Waals surface area contributed by atoms with Crippen molar-refractivity contribution < 1.29 is 4.52 Å². The minimum absolute atomic E-state index is 0.639. The van der Waals surface area contributed by atoms with Crippen molar-refractivity contribution in [3.8, 4) is 0 Å². The van der Waals surface area contributed by atoms with Gasteiger partial charge in [-0.05, 0) is 25.3 Å². The van der Waals surface area contributed by atoms with E-state index in [4.69, 9.17) is 4.52 Å². The van der Waals surface area contributed by atoms with Crippen molar-refractivity contribution in [1.82, 2.24) is 15.5 Å². The number of aromatic nitrogens is 2. The van der Waals surface area contributed by atoms with E-state index >= 15 is 0 Å². The first-order valence-corrected chi connectivity index (χ1v) is 4.84. The summed E-state index contributed by atoms with van der Waals surface area (Å²) in [7, 11) is 0. The maximum Gasteiger partial charge on any atom is 0.223 e. The van der Waals surface area contributed by atoms with E-state index in [1.54, 1.807) is 0 Å². The molecule has 13 heavy (non-hydrogen) atoms. The maximum absolute atomic E-state index is 4.86. The zero-order chi connectivity index (χ0) is 9.10. The van der Waals surface area contributed by atoms with Crippen molar-refractivity contribution in [2.45, 2.75) is 32.7 Å². The predicted octanol–water partition coefficient (Wildman–Crippen LogP) is 1.27. The van der Waals surface area contributed by atoms with Crippen LogP contribution in [0.5, 0.6) is 0 Å². The lowest BCUT2D eigenvalue weighted by Gasteiger charge is -2.25. The van der Waals surface area contributed by atoms with Crippen molar-refractivity contribution in [2.24, 2.45) is 5.92 Å². The van der Waals surface area contributed by atoms with Crippen LogP contribution in [0.4, 0.5) is 0 Å². The summed E-state index contributed by atoms with van der Waals surface area (Å²) in [5.41, 5.74) is 0. The van der Waals surface area contributed by atoms with E-state index in [0.717, 1.165) is 24.8 Å². The Hall–Kier alpha value is -0.900. The lowest BCUT2D eigenvalue weighted by atomic mass is 9.85. The Kier molecular flexibility index (Phi) is 2.59. The average molecular weight is 181 g/mol. The molecular formula is C9H15N3O. The van der Waals surface area contributed by atoms with Gasteiger partial charge in [-0.2, -0.15) is 4.98 Å². The molecule has 1 aliphatic rings. The van der Waals surface area contributed by atoms with Crippen LogP contribution in [0.2, 0.25) is 0 Å². The van der Waals surface area contributed by atoms with Crippen LogP contribution in [0.25, 0.3) is 0 Å². The van der Waals surface area contributed by atoms with Crippen LogP contribution in [0.1, 0.15) is 31.0 Å². The lowest BCUT2D eigenvalue weighted by Crippen LogP contribution is -2.27. The monoisotopic (exact) mass is 181 g/mol. The van der Waals surface area contributed by atoms with Crippen molar-refractivity contribution in [1.29, 1.82) is 0 Å². The highest BCUT2D eigenvalue weighted by molar-refractivity contribution is 4.83. The van der Waals surface area contributed by atoms with Gasteiger partial charge in [-0.15, -0.1) is 0 Å². The third-order valence-electron chi connectivity index (χ3n) is 2.51. The molecule has 0 bridgehead atoms. The van der Waals surface area contributed by atoms with Gasteiger partial charge in [0.25, 0.3) is 0 Å². The SMILES string of the molecule is Cc1nc(CNCC2CCC2)no1. The first kappa shape index (κ1) is 8.69. The zero-order valence-electron chi connectivity index (χ0n) is 7.92. The Balaban J connectivity index is 1.67. The quantitative estimate of drug-likeness (QED) is 0.760. The Morgan fingerprint density at radius 3 is 2.92 bits per heavy atom. The fourth-order valence-electron chi connectivity index (χ4n) is 1.50. The van der Waals surface area contributed by atoms with Crippen LogP contribution >= 0.6 is 0 Å². The molecule has 1 aromatic rings. The van der Waals surface area contributed by atoms with Crippen molar-refractivity contribution in [3.05, 3.63) is 11.7 Å². The summed E-state index contributed by atoms with van der Waals surface area (Å²) in [6.07, 6.45) is 4.14. The van der Waals surface area contributed by atoms with E-state index in [9.17, 15) is 0 Å². The molecule has 72 valence electrons. The molecule has 4 nitrogen and oxygen atoms in total. The van der Waals surface area contributed by atoms with Gasteiger partial charge in [0.05, 0.1) is 6.54 Å². The molecule has 0 spiro atoms. The summed E-state index contributed by atoms with van der Waals surface area (Å²) < 4.78 is 4.86. The predicted molar refractivity (Wildman–Crippen MR) is 48.1 cm³/mol. The Labute approximate surface area is 77.7 Å². The largest absolute Gasteiger partial charge is 0.340 e. The molecule has 0 unspecified atom stereocenters. The fraction of sp³-hybridized carbons (Fsp3) is 0.778. The normalized spacial score (nSPS) is 17.3. The molecule has 1 aliphatic carbocycles. The van der Waals surface area contributed by atoms with E-state index in [1.807, 2.05) is 6.92 Å². The summed E-state index contributed by atoms with van der Waals surface area (Å²) in [5, 5.41) is 7.14. The zero-order valence-corrected chi connectivity index (χ0v) is 7.92. The summed E-state index contributed by atoms with van der Waals surface area (Å²) in [5.74, 6) is 2.28. The second kappa shape index (κ2) is 3.87. The third kappa shape index (κ3) is 2.28. The molecule has 0 amide bonds. The molecule has 0 atom stereocenters. The average Bonchev–Trinajstić information content (AvgIpc) is 2.42. The standard InChI is InChI=1S/C9H15N3O/c1-7-11-9(12-13-7)6-10-5-8-3-2-4-8/h8,10H,2-6H2,1H3. The second-order valence-corrected chi connectivity index (χ2v) is 3.66. The van der Waals surface area contributed by atoms with Gasteiger partial charge < -0.3 is 9.84 Å². The Morgan fingerprint density at radius 2 is 2.38 bits per heavy atom. The molecule has 1 aromatic heterocycles. The third-order valence-corrected chi connectivity index (χ3v) is 2.51. The van der Waals surface area contributed by atoms with E-state index in [1.165, 1.54) is 19.3 Å². The van der Waals surface area contributed by atoms with Crippen molar-refractivity contribution in [2.75, 3.05) is 6.54 Å². The molecule has 0 radical (unpaired) electrons. The molecule has 0 aromatic carbocycles. The van der Waals surface area contributed by atoms with E-state index in [0.29, 0.717) is 5.89 Å². The number of aryl methyl sites for hydroxylation is 1. The van der Waals surface area contributed by atoms with Gasteiger partial charge >= 0.3 is 0 Å². The molecular weight excluding hydrogens is 166 g/mol. The highest BCUT2D eigenvalue weighted by Gasteiger charge is 2.16. The molecule has 1 fully saturated rings. The van der Waals surface area contributed by atoms with Crippen molar-refractivity contribution >= 4 is 0 Å². The fourth-order valence-corrected chi connectivity index (χ4v) is 1.50. The van der Waals surface area contributed by atoms with Crippen LogP contribution in [0, 0.1) is 12.8 Å². The van der Waals surface area contributed by atoms with E-state index in [-0.39, 0.29) is 0 Å². The minimum Gasteiger partial charge on any atom is -0.340 e. The van der Waals surface area contributed by atoms with Gasteiger partial charge in [-0.3, -0.25) is 0 Å². The molecule has 1 heterocycles. The first-order valence-electron chi connectivity index (χ1n) is 4.84. The van der Waals surface area contributed by atoms with E-state index in [2.05, 4.69) is 15.5 Å². The second-order valence-electron chi connectivity index (χ2n) is 3.66. The Bertz CT molecular complexity index is 268. The van der Waals surface area contributed by atoms with Gasteiger partial charge in [-0.25, -0.2) is 0 Å². The molecule has 4 heteroatoms. The number of nitrogens with one attached hydrogen (secondary N) is 1. The number of hydrogen-bond donors (Lipinski definition) is 1. The first-order chi connectivity index (χ1) is 6.34. The van der Waals surface area contributed by atoms with Crippen LogP contribution in [-0.2, 0) is 6.54 Å². The van der Waals surface area contributed by atoms with Gasteiger partial charge in [-0.1, -0.05) is 11.6 Å². The van der Waals surface area contributed by atoms with E-state index < -0.39 is 0 Å². The van der Waals surface area contributed by atoms with Gasteiger partial charge in [0.1, 0.15) is 0 Å². The van der Waals surface area contributed by atoms with Gasteiger partial charge in [0.15, 0.2) is 5.82 Å². The summed E-state index contributed by atoms with van der Waals surface area (Å²) in [4.78, 5) is 4.11. The summed E-state index contributed by atoms with van der Waals surface area (Å²) in [6, 6.07) is 0. The van der Waals surface area contributed by atoms with Crippen LogP contribution in [0.15, 0.2) is 4.52 Å². The molecule has 0 saturated heterocycles. The highest BCUT2D eigenvalue weighted by Crippen LogP contribution is 2.25. The highest BCUT2D eigenvalue weighted by atomic mass is 16.5. The summed E-state index contributed by atoms with van der Waals surface area (Å²) in [6.45, 7) is 3.63. The maximum atomic E-state index is 4.86. The molecule has 1 saturated carbocycles. The van der Waals surface area contributed by atoms with Gasteiger partial charge in [0.2, 0.25) is 5.89 Å². The molecule has 1 N–H and O–H groups in total. The Morgan fingerprint density at radius 1 is 1.54 bits per heavy atom.